The second-order valence-corrected chi connectivity index (χ2v) is 9.06. The van der Waals surface area contributed by atoms with E-state index in [-0.39, 0.29) is 29.3 Å². The Morgan fingerprint density at radius 1 is 1.13 bits per heavy atom. The quantitative estimate of drug-likeness (QED) is 0.568. The van der Waals surface area contributed by atoms with Gasteiger partial charge >= 0.3 is 5.97 Å². The maximum atomic E-state index is 12.6. The monoisotopic (exact) mass is 409 g/mol. The first kappa shape index (κ1) is 21.9. The molecule has 0 radical (unpaired) electrons. The van der Waals surface area contributed by atoms with Crippen LogP contribution in [0.3, 0.4) is 0 Å². The van der Waals surface area contributed by atoms with Crippen molar-refractivity contribution >= 4 is 11.9 Å². The summed E-state index contributed by atoms with van der Waals surface area (Å²) in [5.41, 5.74) is 2.74. The zero-order chi connectivity index (χ0) is 22.1. The van der Waals surface area contributed by atoms with Crippen LogP contribution >= 0.6 is 0 Å². The molecule has 0 unspecified atom stereocenters. The number of esters is 1. The van der Waals surface area contributed by atoms with Crippen LogP contribution in [0.1, 0.15) is 66.1 Å². The van der Waals surface area contributed by atoms with Gasteiger partial charge in [0.05, 0.1) is 18.6 Å². The third-order valence-corrected chi connectivity index (χ3v) is 5.74. The Morgan fingerprint density at radius 3 is 2.33 bits per heavy atom. The van der Waals surface area contributed by atoms with Gasteiger partial charge in [-0.1, -0.05) is 57.2 Å². The predicted molar refractivity (Wildman–Crippen MR) is 117 cm³/mol. The number of hydrogen-bond donors (Lipinski definition) is 1. The zero-order valence-corrected chi connectivity index (χ0v) is 18.6. The molecule has 1 aromatic carbocycles. The summed E-state index contributed by atoms with van der Waals surface area (Å²) >= 11 is 0. The molecule has 0 fully saturated rings. The molecular formula is C25H31NO4. The molecule has 30 heavy (non-hydrogen) atoms. The molecule has 1 N–H and O–H groups in total. The van der Waals surface area contributed by atoms with Crippen molar-refractivity contribution in [3.63, 3.8) is 0 Å². The van der Waals surface area contributed by atoms with Crippen molar-refractivity contribution in [3.05, 3.63) is 70.7 Å². The minimum Gasteiger partial charge on any atom is -0.469 e. The predicted octanol–water partition coefficient (Wildman–Crippen LogP) is 4.83. The first-order valence-corrected chi connectivity index (χ1v) is 10.3. The van der Waals surface area contributed by atoms with Crippen LogP contribution in [0.15, 0.2) is 46.9 Å². The van der Waals surface area contributed by atoms with E-state index in [1.54, 1.807) is 13.0 Å². The Labute approximate surface area is 178 Å². The molecule has 1 aliphatic rings. The third-order valence-electron chi connectivity index (χ3n) is 5.74. The number of ether oxygens (including phenoxy) is 1. The molecule has 0 saturated heterocycles. The number of amides is 1. The normalized spacial score (nSPS) is 19.5. The number of hydrogen-bond acceptors (Lipinski definition) is 4. The number of allylic oxidation sites excluding steroid dienone is 1. The molecule has 1 aliphatic carbocycles. The lowest BCUT2D eigenvalue weighted by molar-refractivity contribution is -0.143. The van der Waals surface area contributed by atoms with E-state index in [4.69, 9.17) is 9.15 Å². The Balaban J connectivity index is 1.74. The summed E-state index contributed by atoms with van der Waals surface area (Å²) in [7, 11) is 1.42. The number of benzene rings is 1. The van der Waals surface area contributed by atoms with Gasteiger partial charge in [-0.3, -0.25) is 9.59 Å². The third kappa shape index (κ3) is 4.66. The number of aryl methyl sites for hydroxylation is 2. The van der Waals surface area contributed by atoms with E-state index in [9.17, 15) is 9.59 Å². The largest absolute Gasteiger partial charge is 0.469 e. The highest BCUT2D eigenvalue weighted by atomic mass is 16.5. The molecule has 1 aromatic heterocycles. The van der Waals surface area contributed by atoms with Crippen molar-refractivity contribution in [1.82, 2.24) is 5.32 Å². The summed E-state index contributed by atoms with van der Waals surface area (Å²) in [5, 5.41) is 3.03. The molecule has 0 saturated carbocycles. The van der Waals surface area contributed by atoms with Crippen molar-refractivity contribution in [2.45, 2.75) is 58.4 Å². The van der Waals surface area contributed by atoms with Gasteiger partial charge < -0.3 is 14.5 Å². The number of carbonyl (C=O) groups excluding carboxylic acids is 2. The summed E-state index contributed by atoms with van der Waals surface area (Å²) in [5.74, 6) is 0.442. The molecular weight excluding hydrogens is 378 g/mol. The van der Waals surface area contributed by atoms with E-state index >= 15 is 0 Å². The van der Waals surface area contributed by atoms with Crippen molar-refractivity contribution in [1.29, 1.82) is 0 Å². The number of rotatable bonds is 5. The first-order chi connectivity index (χ1) is 14.1. The Kier molecular flexibility index (Phi) is 6.20. The molecule has 1 heterocycles. The van der Waals surface area contributed by atoms with Gasteiger partial charge in [0.15, 0.2) is 0 Å². The van der Waals surface area contributed by atoms with Gasteiger partial charge in [0.1, 0.15) is 11.5 Å². The van der Waals surface area contributed by atoms with Crippen LogP contribution in [0.2, 0.25) is 0 Å². The standard InChI is InChI=1S/C25H31NO4/c1-15-13-21(16(2)30-15)23(27)26-20-12-9-18(14-20)22(24(28)29-6)17-7-10-19(11-8-17)25(3,4)5/h7-13,18,20,22H,14H2,1-6H3,(H,26,27)/t18-,20+,22-/m1/s1. The molecule has 3 rings (SSSR count). The highest BCUT2D eigenvalue weighted by molar-refractivity contribution is 5.95. The number of furan rings is 1. The van der Waals surface area contributed by atoms with E-state index in [2.05, 4.69) is 38.2 Å². The average molecular weight is 410 g/mol. The molecule has 0 bridgehead atoms. The second-order valence-electron chi connectivity index (χ2n) is 9.06. The van der Waals surface area contributed by atoms with Gasteiger partial charge in [0.25, 0.3) is 5.91 Å². The fourth-order valence-electron chi connectivity index (χ4n) is 4.06. The van der Waals surface area contributed by atoms with Crippen molar-refractivity contribution in [2.24, 2.45) is 5.92 Å². The smallest absolute Gasteiger partial charge is 0.313 e. The van der Waals surface area contributed by atoms with E-state index in [0.717, 1.165) is 5.56 Å². The van der Waals surface area contributed by atoms with Crippen LogP contribution < -0.4 is 5.32 Å². The van der Waals surface area contributed by atoms with Crippen LogP contribution in [0, 0.1) is 19.8 Å². The van der Waals surface area contributed by atoms with Crippen molar-refractivity contribution < 1.29 is 18.7 Å². The maximum Gasteiger partial charge on any atom is 0.313 e. The van der Waals surface area contributed by atoms with E-state index < -0.39 is 5.92 Å². The highest BCUT2D eigenvalue weighted by Crippen LogP contribution is 2.35. The van der Waals surface area contributed by atoms with Gasteiger partial charge in [-0.15, -0.1) is 0 Å². The zero-order valence-electron chi connectivity index (χ0n) is 18.6. The van der Waals surface area contributed by atoms with E-state index in [1.165, 1.54) is 12.7 Å². The summed E-state index contributed by atoms with van der Waals surface area (Å²) in [4.78, 5) is 25.2. The lowest BCUT2D eigenvalue weighted by atomic mass is 9.82. The second kappa shape index (κ2) is 8.50. The average Bonchev–Trinajstić information content (AvgIpc) is 3.27. The molecule has 0 aliphatic heterocycles. The number of methoxy groups -OCH3 is 1. The van der Waals surface area contributed by atoms with Gasteiger partial charge in [-0.25, -0.2) is 0 Å². The van der Waals surface area contributed by atoms with Gasteiger partial charge in [0.2, 0.25) is 0 Å². The maximum absolute atomic E-state index is 12.6. The number of carbonyl (C=O) groups is 2. The van der Waals surface area contributed by atoms with Gasteiger partial charge in [-0.2, -0.15) is 0 Å². The minimum absolute atomic E-state index is 0.0459. The molecule has 1 amide bonds. The van der Waals surface area contributed by atoms with Crippen LogP contribution in [0.25, 0.3) is 0 Å². The van der Waals surface area contributed by atoms with Crippen LogP contribution in [0.4, 0.5) is 0 Å². The molecule has 3 atom stereocenters. The highest BCUT2D eigenvalue weighted by Gasteiger charge is 2.34. The molecule has 5 heteroatoms. The van der Waals surface area contributed by atoms with Crippen LogP contribution in [-0.4, -0.2) is 25.0 Å². The SMILES string of the molecule is COC(=O)[C@H](c1ccc(C(C)(C)C)cc1)[C@@H]1C=C[C@H](NC(=O)c2cc(C)oc2C)C1. The summed E-state index contributed by atoms with van der Waals surface area (Å²) < 4.78 is 10.6. The van der Waals surface area contributed by atoms with E-state index in [1.807, 2.05) is 31.2 Å². The topological polar surface area (TPSA) is 68.5 Å². The lowest BCUT2D eigenvalue weighted by Crippen LogP contribution is -2.34. The Hall–Kier alpha value is -2.82. The summed E-state index contributed by atoms with van der Waals surface area (Å²) in [6.45, 7) is 10.1. The molecule has 0 spiro atoms. The fraction of sp³-hybridized carbons (Fsp3) is 0.440. The van der Waals surface area contributed by atoms with Crippen LogP contribution in [-0.2, 0) is 14.9 Å². The molecule has 160 valence electrons. The summed E-state index contributed by atoms with van der Waals surface area (Å²) in [6.07, 6.45) is 4.62. The number of nitrogens with one attached hydrogen (secondary N) is 1. The Morgan fingerprint density at radius 2 is 1.80 bits per heavy atom. The van der Waals surface area contributed by atoms with Crippen molar-refractivity contribution in [2.75, 3.05) is 7.11 Å². The first-order valence-electron chi connectivity index (χ1n) is 10.3. The summed E-state index contributed by atoms with van der Waals surface area (Å²) in [6, 6.07) is 9.78. The van der Waals surface area contributed by atoms with Gasteiger partial charge in [-0.05, 0) is 48.8 Å². The lowest BCUT2D eigenvalue weighted by Gasteiger charge is -2.24. The van der Waals surface area contributed by atoms with E-state index in [0.29, 0.717) is 23.5 Å². The Bertz CT molecular complexity index is 947. The van der Waals surface area contributed by atoms with Gasteiger partial charge in [0, 0.05) is 6.04 Å². The van der Waals surface area contributed by atoms with Crippen molar-refractivity contribution in [3.8, 4) is 0 Å². The molecule has 5 nitrogen and oxygen atoms in total. The fourth-order valence-corrected chi connectivity index (χ4v) is 4.06. The molecule has 2 aromatic rings. The van der Waals surface area contributed by atoms with Crippen LogP contribution in [0.5, 0.6) is 0 Å². The minimum atomic E-state index is -0.403.